The molecule has 2 N–H and O–H groups in total. The molecule has 5 heteroatoms. The Kier molecular flexibility index (Phi) is 8.10. The van der Waals surface area contributed by atoms with Gasteiger partial charge >= 0.3 is 49.4 Å². The van der Waals surface area contributed by atoms with E-state index in [9.17, 15) is 0 Å². The molecule has 0 aromatic heterocycles. The fourth-order valence-electron chi connectivity index (χ4n) is 0.959. The second-order valence-electron chi connectivity index (χ2n) is 2.70. The number of nitrogens with zero attached hydrogens (tertiary/aromatic N) is 1. The fourth-order valence-corrected chi connectivity index (χ4v) is 0.959. The number of aryl methyl sites for hydroxylation is 2. The van der Waals surface area contributed by atoms with E-state index in [1.165, 1.54) is 0 Å². The van der Waals surface area contributed by atoms with Crippen molar-refractivity contribution in [1.82, 2.24) is 0 Å². The molecule has 0 unspecified atom stereocenters. The molecule has 1 aromatic carbocycles. The molecule has 2 nitrogen and oxygen atoms in total. The van der Waals surface area contributed by atoms with Gasteiger partial charge < -0.3 is 5.73 Å². The molecule has 0 atom stereocenters. The van der Waals surface area contributed by atoms with E-state index in [0.29, 0.717) is 15.0 Å². The molecule has 14 heavy (non-hydrogen) atoms. The van der Waals surface area contributed by atoms with Crippen LogP contribution in [0.2, 0.25) is 0 Å². The topological polar surface area (TPSA) is 49.8 Å². The summed E-state index contributed by atoms with van der Waals surface area (Å²) in [7, 11) is 0.628. The first-order valence-electron chi connectivity index (χ1n) is 3.76. The van der Waals surface area contributed by atoms with Crippen LogP contribution in [0.15, 0.2) is 12.1 Å². The molecule has 0 saturated carbocycles. The first kappa shape index (κ1) is 14.6. The molecule has 0 heterocycles. The van der Waals surface area contributed by atoms with Crippen LogP contribution in [0.5, 0.6) is 0 Å². The Morgan fingerprint density at radius 2 is 1.79 bits per heavy atom. The summed E-state index contributed by atoms with van der Waals surface area (Å²) in [5, 5.41) is 8.64. The van der Waals surface area contributed by atoms with Crippen molar-refractivity contribution in [2.75, 3.05) is 5.73 Å². The molecule has 0 aliphatic heterocycles. The molecule has 0 fully saturated rings. The van der Waals surface area contributed by atoms with Crippen molar-refractivity contribution < 1.29 is 9.47 Å². The van der Waals surface area contributed by atoms with Gasteiger partial charge in [0.05, 0.1) is 11.6 Å². The van der Waals surface area contributed by atoms with E-state index in [1.807, 2.05) is 26.0 Å². The average molecular weight is 451 g/mol. The van der Waals surface area contributed by atoms with Crippen molar-refractivity contribution in [2.24, 2.45) is 0 Å². The van der Waals surface area contributed by atoms with Crippen LogP contribution in [-0.2, 0) is 9.47 Å². The Bertz CT molecular complexity index is 347. The van der Waals surface area contributed by atoms with Gasteiger partial charge in [-0.25, -0.2) is 0 Å². The van der Waals surface area contributed by atoms with E-state index in [4.69, 9.17) is 11.0 Å². The monoisotopic (exact) mass is 451 g/mol. The molecular formula is C9H10I2N2V. The van der Waals surface area contributed by atoms with Crippen LogP contribution in [0, 0.1) is 25.2 Å². The van der Waals surface area contributed by atoms with Gasteiger partial charge in [-0.1, -0.05) is 0 Å². The van der Waals surface area contributed by atoms with E-state index in [1.54, 1.807) is 0 Å². The summed E-state index contributed by atoms with van der Waals surface area (Å²) >= 11 is 4.74. The molecule has 0 aliphatic carbocycles. The number of nitrogens with two attached hydrogens (primary N) is 1. The van der Waals surface area contributed by atoms with E-state index in [-0.39, 0.29) is 0 Å². The molecule has 0 spiro atoms. The number of rotatable bonds is 0. The number of nitrogen functional groups attached to an aromatic ring is 1. The quantitative estimate of drug-likeness (QED) is 0.485. The van der Waals surface area contributed by atoms with Gasteiger partial charge in [0.2, 0.25) is 0 Å². The van der Waals surface area contributed by atoms with Crippen LogP contribution in [-0.4, -0.2) is 0 Å². The van der Waals surface area contributed by atoms with Crippen molar-refractivity contribution in [3.8, 4) is 6.07 Å². The summed E-state index contributed by atoms with van der Waals surface area (Å²) in [4.78, 5) is 0. The molecule has 0 radical (unpaired) electrons. The summed E-state index contributed by atoms with van der Waals surface area (Å²) in [6, 6.07) is 5.75. The summed E-state index contributed by atoms with van der Waals surface area (Å²) in [5.74, 6) is 0. The summed E-state index contributed by atoms with van der Waals surface area (Å²) in [6.07, 6.45) is 0. The van der Waals surface area contributed by atoms with Crippen molar-refractivity contribution in [3.63, 3.8) is 0 Å². The van der Waals surface area contributed by atoms with Crippen molar-refractivity contribution >= 4 is 45.6 Å². The Labute approximate surface area is 113 Å². The molecule has 75 valence electrons. The molecular weight excluding hydrogens is 441 g/mol. The van der Waals surface area contributed by atoms with E-state index in [2.05, 4.69) is 46.0 Å². The van der Waals surface area contributed by atoms with Gasteiger partial charge in [0.15, 0.2) is 0 Å². The summed E-state index contributed by atoms with van der Waals surface area (Å²) < 4.78 is 0. The van der Waals surface area contributed by atoms with Crippen molar-refractivity contribution in [2.45, 2.75) is 13.8 Å². The summed E-state index contributed by atoms with van der Waals surface area (Å²) in [5.41, 5.74) is 9.00. The third-order valence-corrected chi connectivity index (χ3v) is 1.73. The minimum absolute atomic E-state index is 0.628. The Balaban J connectivity index is 0.000000500. The zero-order valence-electron chi connectivity index (χ0n) is 7.88. The van der Waals surface area contributed by atoms with Gasteiger partial charge in [0.25, 0.3) is 0 Å². The van der Waals surface area contributed by atoms with Crippen LogP contribution < -0.4 is 5.73 Å². The van der Waals surface area contributed by atoms with E-state index < -0.39 is 0 Å². The zero-order valence-corrected chi connectivity index (χ0v) is 13.6. The fraction of sp³-hybridized carbons (Fsp3) is 0.222. The number of benzene rings is 1. The molecule has 1 aromatic rings. The number of halogens is 2. The van der Waals surface area contributed by atoms with Gasteiger partial charge in [-0.05, 0) is 37.1 Å². The maximum atomic E-state index is 8.64. The van der Waals surface area contributed by atoms with Crippen LogP contribution in [0.25, 0.3) is 0 Å². The van der Waals surface area contributed by atoms with Crippen LogP contribution in [0.4, 0.5) is 5.69 Å². The molecule has 1 rings (SSSR count). The Morgan fingerprint density at radius 1 is 1.29 bits per heavy atom. The first-order valence-corrected chi connectivity index (χ1v) is 12.8. The van der Waals surface area contributed by atoms with Crippen LogP contribution in [0.1, 0.15) is 16.7 Å². The van der Waals surface area contributed by atoms with Crippen molar-refractivity contribution in [1.29, 1.82) is 5.26 Å². The van der Waals surface area contributed by atoms with Crippen LogP contribution >= 0.6 is 40.0 Å². The predicted molar refractivity (Wildman–Crippen MR) is 73.1 cm³/mol. The number of hydrogen-bond acceptors (Lipinski definition) is 2. The third-order valence-electron chi connectivity index (χ3n) is 1.73. The van der Waals surface area contributed by atoms with Gasteiger partial charge in [-0.3, -0.25) is 0 Å². The van der Waals surface area contributed by atoms with Crippen molar-refractivity contribution in [3.05, 3.63) is 28.8 Å². The average Bonchev–Trinajstić information content (AvgIpc) is 2.12. The molecule has 0 aliphatic rings. The second-order valence-corrected chi connectivity index (χ2v) is 14.5. The SMILES string of the molecule is Cc1cc(C#N)c(C)cc1N.[I][V][I]. The Hall–Kier alpha value is 0.554. The number of anilines is 1. The molecule has 0 amide bonds. The molecule has 0 bridgehead atoms. The van der Waals surface area contributed by atoms with E-state index in [0.717, 1.165) is 16.8 Å². The number of nitriles is 1. The number of hydrogen-bond donors (Lipinski definition) is 1. The molecule has 0 saturated heterocycles. The van der Waals surface area contributed by atoms with E-state index >= 15 is 0 Å². The van der Waals surface area contributed by atoms with Gasteiger partial charge in [-0.15, -0.1) is 0 Å². The maximum absolute atomic E-state index is 8.64. The Morgan fingerprint density at radius 3 is 2.21 bits per heavy atom. The summed E-state index contributed by atoms with van der Waals surface area (Å²) in [6.45, 7) is 3.78. The van der Waals surface area contributed by atoms with Gasteiger partial charge in [-0.2, -0.15) is 5.26 Å². The zero-order chi connectivity index (χ0) is 11.1. The second kappa shape index (κ2) is 7.80. The normalized spacial score (nSPS) is 8.21. The van der Waals surface area contributed by atoms with Gasteiger partial charge in [0.1, 0.15) is 0 Å². The third kappa shape index (κ3) is 4.87. The predicted octanol–water partition coefficient (Wildman–Crippen LogP) is 3.53. The van der Waals surface area contributed by atoms with Gasteiger partial charge in [0, 0.05) is 5.69 Å². The first-order chi connectivity index (χ1) is 6.56. The van der Waals surface area contributed by atoms with Crippen LogP contribution in [0.3, 0.4) is 0 Å². The minimum atomic E-state index is 0.628. The standard InChI is InChI=1S/C9H10N2.2HI.V/c1-6-4-9(11)7(2)3-8(6)5-10;;;/h3-4H,11H2,1-2H3;2*1H;/q;;;+2/p-2.